The van der Waals surface area contributed by atoms with E-state index in [1.165, 1.54) is 11.9 Å². The van der Waals surface area contributed by atoms with Gasteiger partial charge in [0.2, 0.25) is 17.7 Å². The number of likely N-dealkylation sites (tertiary alicyclic amines) is 2. The molecule has 2 aromatic carbocycles. The van der Waals surface area contributed by atoms with Crippen LogP contribution < -0.4 is 0 Å². The minimum absolute atomic E-state index is 0.00845. The van der Waals surface area contributed by atoms with Crippen molar-refractivity contribution in [1.29, 1.82) is 0 Å². The van der Waals surface area contributed by atoms with Crippen LogP contribution in [-0.4, -0.2) is 46.1 Å². The lowest BCUT2D eigenvalue weighted by Crippen LogP contribution is -2.42. The van der Waals surface area contributed by atoms with Crippen LogP contribution in [0.1, 0.15) is 42.3 Å². The number of carbonyl (C=O) groups is 3. The molecule has 3 amide bonds. The van der Waals surface area contributed by atoms with Gasteiger partial charge in [-0.05, 0) is 29.5 Å². The molecule has 0 spiro atoms. The maximum absolute atomic E-state index is 13.6. The number of hydrogen-bond acceptors (Lipinski definition) is 5. The van der Waals surface area contributed by atoms with E-state index in [1.54, 1.807) is 17.5 Å². The summed E-state index contributed by atoms with van der Waals surface area (Å²) in [6, 6.07) is 17.6. The second-order valence-corrected chi connectivity index (χ2v) is 9.68. The fourth-order valence-corrected chi connectivity index (χ4v) is 5.83. The zero-order valence-electron chi connectivity index (χ0n) is 18.4. The van der Waals surface area contributed by atoms with Crippen molar-refractivity contribution < 1.29 is 14.4 Å². The molecule has 5 rings (SSSR count). The van der Waals surface area contributed by atoms with Crippen LogP contribution in [0.25, 0.3) is 11.1 Å². The van der Waals surface area contributed by atoms with Crippen LogP contribution in [0.2, 0.25) is 0 Å². The predicted octanol–water partition coefficient (Wildman–Crippen LogP) is 4.19. The van der Waals surface area contributed by atoms with Crippen molar-refractivity contribution in [3.63, 3.8) is 0 Å². The zero-order valence-corrected chi connectivity index (χ0v) is 19.3. The van der Waals surface area contributed by atoms with Crippen molar-refractivity contribution in [2.75, 3.05) is 13.6 Å². The van der Waals surface area contributed by atoms with E-state index in [0.717, 1.165) is 29.0 Å². The third-order valence-electron chi connectivity index (χ3n) is 6.85. The van der Waals surface area contributed by atoms with Gasteiger partial charge in [0.15, 0.2) is 0 Å². The van der Waals surface area contributed by atoms with Crippen molar-refractivity contribution >= 4 is 29.1 Å². The molecule has 168 valence electrons. The van der Waals surface area contributed by atoms with Crippen molar-refractivity contribution in [2.24, 2.45) is 0 Å². The Balaban J connectivity index is 1.47. The summed E-state index contributed by atoms with van der Waals surface area (Å²) in [7, 11) is 1.50. The maximum Gasteiger partial charge on any atom is 0.240 e. The summed E-state index contributed by atoms with van der Waals surface area (Å²) in [5, 5.41) is 2.84. The van der Waals surface area contributed by atoms with Gasteiger partial charge < -0.3 is 4.90 Å². The molecule has 2 atom stereocenters. The molecule has 2 aliphatic heterocycles. The van der Waals surface area contributed by atoms with Crippen molar-refractivity contribution in [3.05, 3.63) is 76.7 Å². The van der Waals surface area contributed by atoms with Gasteiger partial charge in [0, 0.05) is 38.0 Å². The Morgan fingerprint density at radius 1 is 1.09 bits per heavy atom. The van der Waals surface area contributed by atoms with E-state index in [4.69, 9.17) is 0 Å². The molecule has 0 bridgehead atoms. The van der Waals surface area contributed by atoms with Gasteiger partial charge in [-0.15, -0.1) is 11.3 Å². The van der Waals surface area contributed by atoms with Crippen LogP contribution in [0, 0.1) is 0 Å². The predicted molar refractivity (Wildman–Crippen MR) is 126 cm³/mol. The molecule has 0 N–H and O–H groups in total. The van der Waals surface area contributed by atoms with E-state index in [-0.39, 0.29) is 36.6 Å². The summed E-state index contributed by atoms with van der Waals surface area (Å²) >= 11 is 1.55. The Bertz CT molecular complexity index is 1180. The molecule has 6 nitrogen and oxygen atoms in total. The highest BCUT2D eigenvalue weighted by atomic mass is 32.1. The van der Waals surface area contributed by atoms with E-state index in [2.05, 4.69) is 4.98 Å². The standard InChI is InChI=1S/C26H25N3O3S/c1-28-22(30)16-26(25(28)32,20-11-9-19(10-12-20)18-6-3-2-4-7-18)17-23(31)29-14-5-8-21(29)24-27-13-15-33-24/h2-4,6-7,9-13,15,21H,5,8,14,16-17H2,1H3/t21-,26+/m0/s1. The molecule has 33 heavy (non-hydrogen) atoms. The average molecular weight is 460 g/mol. The van der Waals surface area contributed by atoms with Crippen molar-refractivity contribution in [1.82, 2.24) is 14.8 Å². The molecule has 2 fully saturated rings. The number of imide groups is 1. The Labute approximate surface area is 196 Å². The highest BCUT2D eigenvalue weighted by molar-refractivity contribution is 7.09. The smallest absolute Gasteiger partial charge is 0.240 e. The lowest BCUT2D eigenvalue weighted by atomic mass is 9.75. The van der Waals surface area contributed by atoms with E-state index >= 15 is 0 Å². The first-order chi connectivity index (χ1) is 16.0. The van der Waals surface area contributed by atoms with Gasteiger partial charge in [-0.2, -0.15) is 0 Å². The molecule has 0 aliphatic carbocycles. The van der Waals surface area contributed by atoms with E-state index in [1.807, 2.05) is 64.9 Å². The molecule has 2 saturated heterocycles. The monoisotopic (exact) mass is 459 g/mol. The molecule has 0 radical (unpaired) electrons. The minimum atomic E-state index is -1.17. The van der Waals surface area contributed by atoms with Gasteiger partial charge in [-0.3, -0.25) is 19.3 Å². The topological polar surface area (TPSA) is 70.6 Å². The number of hydrogen-bond donors (Lipinski definition) is 0. The summed E-state index contributed by atoms with van der Waals surface area (Å²) < 4.78 is 0. The average Bonchev–Trinajstić information content (AvgIpc) is 3.58. The third kappa shape index (κ3) is 3.76. The summed E-state index contributed by atoms with van der Waals surface area (Å²) in [5.74, 6) is -0.660. The first-order valence-electron chi connectivity index (χ1n) is 11.2. The Morgan fingerprint density at radius 3 is 2.45 bits per heavy atom. The lowest BCUT2D eigenvalue weighted by Gasteiger charge is -2.30. The number of thiazole rings is 1. The van der Waals surface area contributed by atoms with Crippen molar-refractivity contribution in [3.8, 4) is 11.1 Å². The number of carbonyl (C=O) groups excluding carboxylic acids is 3. The van der Waals surface area contributed by atoms with Crippen LogP contribution in [0.3, 0.4) is 0 Å². The van der Waals surface area contributed by atoms with E-state index in [0.29, 0.717) is 12.1 Å². The largest absolute Gasteiger partial charge is 0.333 e. The number of benzene rings is 2. The minimum Gasteiger partial charge on any atom is -0.333 e. The van der Waals surface area contributed by atoms with E-state index in [9.17, 15) is 14.4 Å². The molecule has 1 aromatic heterocycles. The second kappa shape index (κ2) is 8.56. The van der Waals surface area contributed by atoms with Crippen LogP contribution in [0.5, 0.6) is 0 Å². The Morgan fingerprint density at radius 2 is 1.82 bits per heavy atom. The summed E-state index contributed by atoms with van der Waals surface area (Å²) in [4.78, 5) is 46.9. The van der Waals surface area contributed by atoms with Crippen LogP contribution in [0.15, 0.2) is 66.2 Å². The lowest BCUT2D eigenvalue weighted by molar-refractivity contribution is -0.141. The highest BCUT2D eigenvalue weighted by Crippen LogP contribution is 2.42. The number of aromatic nitrogens is 1. The van der Waals surface area contributed by atoms with Gasteiger partial charge >= 0.3 is 0 Å². The molecule has 3 aromatic rings. The summed E-state index contributed by atoms with van der Waals surface area (Å²) in [6.07, 6.45) is 3.51. The molecular formula is C26H25N3O3S. The second-order valence-electron chi connectivity index (χ2n) is 8.75. The van der Waals surface area contributed by atoms with Crippen molar-refractivity contribution in [2.45, 2.75) is 37.1 Å². The first kappa shape index (κ1) is 21.5. The van der Waals surface area contributed by atoms with Gasteiger partial charge in [0.05, 0.1) is 11.5 Å². The Kier molecular flexibility index (Phi) is 5.58. The fourth-order valence-electron chi connectivity index (χ4n) is 5.05. The third-order valence-corrected chi connectivity index (χ3v) is 7.73. The molecular weight excluding hydrogens is 434 g/mol. The highest BCUT2D eigenvalue weighted by Gasteiger charge is 2.53. The molecule has 7 heteroatoms. The quantitative estimate of drug-likeness (QED) is 0.537. The van der Waals surface area contributed by atoms with Crippen LogP contribution in [0.4, 0.5) is 0 Å². The number of amides is 3. The SMILES string of the molecule is CN1C(=O)C[C@@](CC(=O)N2CCC[C@H]2c2nccs2)(c2ccc(-c3ccccc3)cc2)C1=O. The number of nitrogens with zero attached hydrogens (tertiary/aromatic N) is 3. The van der Waals surface area contributed by atoms with E-state index < -0.39 is 5.41 Å². The maximum atomic E-state index is 13.6. The molecule has 2 aliphatic rings. The van der Waals surface area contributed by atoms with Crippen LogP contribution in [-0.2, 0) is 19.8 Å². The van der Waals surface area contributed by atoms with Gasteiger partial charge in [0.1, 0.15) is 5.01 Å². The number of rotatable bonds is 5. The fraction of sp³-hybridized carbons (Fsp3) is 0.308. The molecule has 0 saturated carbocycles. The summed E-state index contributed by atoms with van der Waals surface area (Å²) in [6.45, 7) is 0.643. The molecule has 0 unspecified atom stereocenters. The van der Waals surface area contributed by atoms with Gasteiger partial charge in [0.25, 0.3) is 0 Å². The molecule has 3 heterocycles. The summed E-state index contributed by atoms with van der Waals surface area (Å²) in [5.41, 5.74) is 1.63. The van der Waals surface area contributed by atoms with Gasteiger partial charge in [-0.25, -0.2) is 4.98 Å². The van der Waals surface area contributed by atoms with Crippen LogP contribution >= 0.6 is 11.3 Å². The normalized spacial score (nSPS) is 22.9. The Hall–Kier alpha value is -3.32. The zero-order chi connectivity index (χ0) is 23.0. The first-order valence-corrected chi connectivity index (χ1v) is 12.0. The van der Waals surface area contributed by atoms with Gasteiger partial charge in [-0.1, -0.05) is 54.6 Å². The number of likely N-dealkylation sites (N-methyl/N-ethyl adjacent to an activating group) is 1.